The quantitative estimate of drug-likeness (QED) is 0.319. The summed E-state index contributed by atoms with van der Waals surface area (Å²) in [4.78, 5) is 0. The molecule has 0 aromatic heterocycles. The Bertz CT molecular complexity index is 285. The van der Waals surface area contributed by atoms with E-state index in [0.29, 0.717) is 5.56 Å². The number of rotatable bonds is 3. The molecule has 0 spiro atoms. The molecule has 5 N–H and O–H groups in total. The molecular weight excluding hydrogens is 168 g/mol. The van der Waals surface area contributed by atoms with E-state index in [1.165, 1.54) is 18.2 Å². The molecule has 1 aromatic rings. The zero-order valence-electron chi connectivity index (χ0n) is 7.49. The Morgan fingerprint density at radius 3 is 2.69 bits per heavy atom. The minimum Gasteiger partial charge on any atom is -0.508 e. The topological polar surface area (TPSA) is 78.5 Å². The molecule has 0 fully saturated rings. The number of nitrogens with two attached hydrogens (primary N) is 1. The average Bonchev–Trinajstić information content (AvgIpc) is 2.13. The zero-order valence-corrected chi connectivity index (χ0v) is 7.49. The van der Waals surface area contributed by atoms with Crippen molar-refractivity contribution in [2.75, 3.05) is 0 Å². The normalized spacial score (nSPS) is 12.8. The van der Waals surface area contributed by atoms with E-state index in [1.54, 1.807) is 0 Å². The fraction of sp³-hybridized carbons (Fsp3) is 0.333. The van der Waals surface area contributed by atoms with Crippen LogP contribution in [0.3, 0.4) is 0 Å². The monoisotopic (exact) mass is 182 g/mol. The number of phenols is 2. The first-order valence-electron chi connectivity index (χ1n) is 4.17. The minimum atomic E-state index is -0.132. The Morgan fingerprint density at radius 1 is 1.46 bits per heavy atom. The van der Waals surface area contributed by atoms with Crippen molar-refractivity contribution in [3.8, 4) is 11.5 Å². The molecule has 4 nitrogen and oxygen atoms in total. The summed E-state index contributed by atoms with van der Waals surface area (Å²) in [6.45, 7) is 1.94. The maximum atomic E-state index is 9.46. The van der Waals surface area contributed by atoms with Crippen molar-refractivity contribution in [2.45, 2.75) is 19.4 Å². The van der Waals surface area contributed by atoms with Gasteiger partial charge in [-0.15, -0.1) is 0 Å². The zero-order chi connectivity index (χ0) is 9.84. The van der Waals surface area contributed by atoms with Crippen molar-refractivity contribution in [1.29, 1.82) is 0 Å². The molecule has 0 radical (unpaired) electrons. The number of nitrogens with one attached hydrogen (secondary N) is 1. The van der Waals surface area contributed by atoms with Crippen LogP contribution >= 0.6 is 0 Å². The molecule has 4 heteroatoms. The van der Waals surface area contributed by atoms with E-state index in [-0.39, 0.29) is 17.5 Å². The van der Waals surface area contributed by atoms with E-state index >= 15 is 0 Å². The minimum absolute atomic E-state index is 0.126. The van der Waals surface area contributed by atoms with Gasteiger partial charge in [0.1, 0.15) is 11.5 Å². The first kappa shape index (κ1) is 9.83. The molecule has 1 aromatic carbocycles. The van der Waals surface area contributed by atoms with Gasteiger partial charge >= 0.3 is 0 Å². The Balaban J connectivity index is 3.03. The summed E-state index contributed by atoms with van der Waals surface area (Å²) in [5.74, 6) is 5.56. The van der Waals surface area contributed by atoms with Gasteiger partial charge in [-0.3, -0.25) is 11.3 Å². The molecule has 0 aliphatic carbocycles. The third kappa shape index (κ3) is 2.11. The van der Waals surface area contributed by atoms with Crippen molar-refractivity contribution in [2.24, 2.45) is 5.84 Å². The van der Waals surface area contributed by atoms with Gasteiger partial charge in [-0.25, -0.2) is 0 Å². The maximum Gasteiger partial charge on any atom is 0.120 e. The lowest BCUT2D eigenvalue weighted by Gasteiger charge is -2.15. The van der Waals surface area contributed by atoms with Gasteiger partial charge in [-0.05, 0) is 24.6 Å². The summed E-state index contributed by atoms with van der Waals surface area (Å²) < 4.78 is 0. The van der Waals surface area contributed by atoms with Crippen LogP contribution in [0.15, 0.2) is 18.2 Å². The van der Waals surface area contributed by atoms with E-state index in [4.69, 9.17) is 5.84 Å². The van der Waals surface area contributed by atoms with Crippen molar-refractivity contribution in [1.82, 2.24) is 5.43 Å². The average molecular weight is 182 g/mol. The molecule has 1 rings (SSSR count). The van der Waals surface area contributed by atoms with Gasteiger partial charge in [-0.1, -0.05) is 6.92 Å². The van der Waals surface area contributed by atoms with Gasteiger partial charge in [0, 0.05) is 11.6 Å². The second kappa shape index (κ2) is 4.11. The Kier molecular flexibility index (Phi) is 3.11. The lowest BCUT2D eigenvalue weighted by atomic mass is 10.0. The van der Waals surface area contributed by atoms with Gasteiger partial charge in [-0.2, -0.15) is 0 Å². The number of hydrogen-bond acceptors (Lipinski definition) is 4. The molecule has 0 saturated heterocycles. The molecule has 72 valence electrons. The van der Waals surface area contributed by atoms with Crippen LogP contribution in [0, 0.1) is 0 Å². The number of benzene rings is 1. The van der Waals surface area contributed by atoms with Crippen LogP contribution in [0.1, 0.15) is 24.9 Å². The van der Waals surface area contributed by atoms with Crippen molar-refractivity contribution < 1.29 is 10.2 Å². The fourth-order valence-electron chi connectivity index (χ4n) is 1.25. The molecule has 1 atom stereocenters. The molecule has 0 aliphatic heterocycles. The Hall–Kier alpha value is -1.26. The smallest absolute Gasteiger partial charge is 0.120 e. The molecule has 0 heterocycles. The van der Waals surface area contributed by atoms with Crippen molar-refractivity contribution >= 4 is 0 Å². The Morgan fingerprint density at radius 2 is 2.15 bits per heavy atom. The van der Waals surface area contributed by atoms with Crippen LogP contribution in [0.4, 0.5) is 0 Å². The van der Waals surface area contributed by atoms with Gasteiger partial charge in [0.05, 0.1) is 0 Å². The second-order valence-corrected chi connectivity index (χ2v) is 2.87. The van der Waals surface area contributed by atoms with Crippen molar-refractivity contribution in [3.05, 3.63) is 23.8 Å². The van der Waals surface area contributed by atoms with Gasteiger partial charge in [0.2, 0.25) is 0 Å². The molecule has 0 saturated carbocycles. The lowest BCUT2D eigenvalue weighted by Crippen LogP contribution is -2.27. The highest BCUT2D eigenvalue weighted by Gasteiger charge is 2.11. The van der Waals surface area contributed by atoms with Crippen LogP contribution in [-0.2, 0) is 0 Å². The van der Waals surface area contributed by atoms with Crippen molar-refractivity contribution in [3.63, 3.8) is 0 Å². The van der Waals surface area contributed by atoms with Crippen LogP contribution in [0.5, 0.6) is 11.5 Å². The highest BCUT2D eigenvalue weighted by atomic mass is 16.3. The van der Waals surface area contributed by atoms with Crippen LogP contribution < -0.4 is 11.3 Å². The largest absolute Gasteiger partial charge is 0.508 e. The molecule has 0 unspecified atom stereocenters. The third-order valence-electron chi connectivity index (χ3n) is 2.00. The third-order valence-corrected chi connectivity index (χ3v) is 2.00. The summed E-state index contributed by atoms with van der Waals surface area (Å²) in [5.41, 5.74) is 3.18. The molecule has 0 aliphatic rings. The SMILES string of the molecule is CC[C@@H](NN)c1cc(O)ccc1O. The van der Waals surface area contributed by atoms with E-state index in [2.05, 4.69) is 5.43 Å². The summed E-state index contributed by atoms with van der Waals surface area (Å²) in [6.07, 6.45) is 0.744. The molecule has 0 amide bonds. The summed E-state index contributed by atoms with van der Waals surface area (Å²) >= 11 is 0. The first-order valence-corrected chi connectivity index (χ1v) is 4.17. The predicted molar refractivity (Wildman–Crippen MR) is 50.1 cm³/mol. The maximum absolute atomic E-state index is 9.46. The van der Waals surface area contributed by atoms with Gasteiger partial charge < -0.3 is 10.2 Å². The molecular formula is C9H14N2O2. The van der Waals surface area contributed by atoms with E-state index < -0.39 is 0 Å². The van der Waals surface area contributed by atoms with E-state index in [1.807, 2.05) is 6.92 Å². The summed E-state index contributed by atoms with van der Waals surface area (Å²) in [6, 6.07) is 4.25. The highest BCUT2D eigenvalue weighted by Crippen LogP contribution is 2.28. The van der Waals surface area contributed by atoms with Gasteiger partial charge in [0.25, 0.3) is 0 Å². The van der Waals surface area contributed by atoms with Gasteiger partial charge in [0.15, 0.2) is 0 Å². The lowest BCUT2D eigenvalue weighted by molar-refractivity contribution is 0.434. The predicted octanol–water partition coefficient (Wildman–Crippen LogP) is 1.01. The number of aromatic hydroxyl groups is 2. The highest BCUT2D eigenvalue weighted by molar-refractivity contribution is 5.40. The number of hydrazine groups is 1. The van der Waals surface area contributed by atoms with Crippen LogP contribution in [-0.4, -0.2) is 10.2 Å². The van der Waals surface area contributed by atoms with E-state index in [9.17, 15) is 10.2 Å². The van der Waals surface area contributed by atoms with E-state index in [0.717, 1.165) is 6.42 Å². The standard InChI is InChI=1S/C9H14N2O2/c1-2-8(11-10)7-5-6(12)3-4-9(7)13/h3-5,8,11-13H,2,10H2,1H3/t8-/m1/s1. The first-order chi connectivity index (χ1) is 6.19. The number of phenolic OH excluding ortho intramolecular Hbond substituents is 2. The molecule has 13 heavy (non-hydrogen) atoms. The summed E-state index contributed by atoms with van der Waals surface area (Å²) in [7, 11) is 0. The fourth-order valence-corrected chi connectivity index (χ4v) is 1.25. The van der Waals surface area contributed by atoms with Crippen LogP contribution in [0.25, 0.3) is 0 Å². The second-order valence-electron chi connectivity index (χ2n) is 2.87. The molecule has 0 bridgehead atoms. The summed E-state index contributed by atoms with van der Waals surface area (Å²) in [5, 5.41) is 18.7. The Labute approximate surface area is 77.0 Å². The van der Waals surface area contributed by atoms with Crippen LogP contribution in [0.2, 0.25) is 0 Å². The number of hydrogen-bond donors (Lipinski definition) is 4.